The fourth-order valence-corrected chi connectivity index (χ4v) is 2.19. The minimum Gasteiger partial charge on any atom is -0.484 e. The van der Waals surface area contributed by atoms with E-state index in [-0.39, 0.29) is 24.7 Å². The molecule has 4 nitrogen and oxygen atoms in total. The van der Waals surface area contributed by atoms with Gasteiger partial charge in [-0.1, -0.05) is 11.6 Å². The number of carbonyl (C=O) groups is 1. The number of benzene rings is 1. The van der Waals surface area contributed by atoms with Gasteiger partial charge in [0.15, 0.2) is 6.61 Å². The van der Waals surface area contributed by atoms with Gasteiger partial charge in [0, 0.05) is 11.6 Å². The molecule has 1 aromatic carbocycles. The zero-order valence-corrected chi connectivity index (χ0v) is 11.7. The van der Waals surface area contributed by atoms with Crippen LogP contribution in [-0.4, -0.2) is 31.3 Å². The molecular formula is C14H18ClNO3. The van der Waals surface area contributed by atoms with Crippen molar-refractivity contribution in [1.82, 2.24) is 5.32 Å². The molecule has 104 valence electrons. The first-order valence-electron chi connectivity index (χ1n) is 6.44. The Labute approximate surface area is 118 Å². The highest BCUT2D eigenvalue weighted by Gasteiger charge is 2.23. The van der Waals surface area contributed by atoms with Crippen molar-refractivity contribution in [2.75, 3.05) is 13.2 Å². The van der Waals surface area contributed by atoms with Crippen LogP contribution in [0.1, 0.15) is 19.8 Å². The molecule has 2 atom stereocenters. The highest BCUT2D eigenvalue weighted by Crippen LogP contribution is 2.16. The Balaban J connectivity index is 1.73. The zero-order chi connectivity index (χ0) is 13.7. The second kappa shape index (κ2) is 6.78. The number of carbonyl (C=O) groups excluding carboxylic acids is 1. The van der Waals surface area contributed by atoms with Crippen LogP contribution in [0.3, 0.4) is 0 Å². The van der Waals surface area contributed by atoms with Crippen molar-refractivity contribution in [3.05, 3.63) is 29.3 Å². The second-order valence-electron chi connectivity index (χ2n) is 4.65. The van der Waals surface area contributed by atoms with Crippen LogP contribution in [-0.2, 0) is 9.53 Å². The van der Waals surface area contributed by atoms with Gasteiger partial charge in [0.1, 0.15) is 5.75 Å². The normalized spacial score (nSPS) is 20.0. The van der Waals surface area contributed by atoms with Crippen molar-refractivity contribution in [3.63, 3.8) is 0 Å². The van der Waals surface area contributed by atoms with Crippen LogP contribution in [0.25, 0.3) is 0 Å². The Morgan fingerprint density at radius 3 is 2.89 bits per heavy atom. The molecule has 5 heteroatoms. The maximum Gasteiger partial charge on any atom is 0.258 e. The number of hydrogen-bond acceptors (Lipinski definition) is 3. The Morgan fingerprint density at radius 1 is 1.53 bits per heavy atom. The molecule has 1 saturated heterocycles. The van der Waals surface area contributed by atoms with E-state index in [4.69, 9.17) is 21.1 Å². The van der Waals surface area contributed by atoms with E-state index in [0.717, 1.165) is 19.4 Å². The molecular weight excluding hydrogens is 266 g/mol. The summed E-state index contributed by atoms with van der Waals surface area (Å²) in [5.74, 6) is 0.488. The lowest BCUT2D eigenvalue weighted by Gasteiger charge is -2.20. The number of hydrogen-bond donors (Lipinski definition) is 1. The summed E-state index contributed by atoms with van der Waals surface area (Å²) in [6.07, 6.45) is 2.19. The van der Waals surface area contributed by atoms with Crippen molar-refractivity contribution in [3.8, 4) is 5.75 Å². The molecule has 1 fully saturated rings. The van der Waals surface area contributed by atoms with Gasteiger partial charge in [-0.25, -0.2) is 0 Å². The summed E-state index contributed by atoms with van der Waals surface area (Å²) in [5.41, 5.74) is 0. The average Bonchev–Trinajstić information content (AvgIpc) is 2.92. The number of rotatable bonds is 5. The molecule has 19 heavy (non-hydrogen) atoms. The van der Waals surface area contributed by atoms with Gasteiger partial charge >= 0.3 is 0 Å². The van der Waals surface area contributed by atoms with Crippen LogP contribution in [0.4, 0.5) is 0 Å². The summed E-state index contributed by atoms with van der Waals surface area (Å²) in [6, 6.07) is 6.94. The predicted molar refractivity (Wildman–Crippen MR) is 73.5 cm³/mol. The van der Waals surface area contributed by atoms with Crippen molar-refractivity contribution >= 4 is 17.5 Å². The third kappa shape index (κ3) is 4.40. The summed E-state index contributed by atoms with van der Waals surface area (Å²) in [4.78, 5) is 11.7. The fourth-order valence-electron chi connectivity index (χ4n) is 2.07. The van der Waals surface area contributed by atoms with Crippen LogP contribution in [0.5, 0.6) is 5.75 Å². The zero-order valence-electron chi connectivity index (χ0n) is 10.9. The number of amides is 1. The first kappa shape index (κ1) is 14.2. The quantitative estimate of drug-likeness (QED) is 0.903. The molecule has 0 bridgehead atoms. The van der Waals surface area contributed by atoms with Gasteiger partial charge < -0.3 is 14.8 Å². The average molecular weight is 284 g/mol. The summed E-state index contributed by atoms with van der Waals surface area (Å²) in [7, 11) is 0. The van der Waals surface area contributed by atoms with E-state index in [1.165, 1.54) is 0 Å². The Bertz CT molecular complexity index is 415. The van der Waals surface area contributed by atoms with Crippen molar-refractivity contribution in [2.24, 2.45) is 0 Å². The fraction of sp³-hybridized carbons (Fsp3) is 0.500. The van der Waals surface area contributed by atoms with E-state index in [0.29, 0.717) is 10.8 Å². The minimum atomic E-state index is -0.141. The Morgan fingerprint density at radius 2 is 2.26 bits per heavy atom. The molecule has 0 aliphatic carbocycles. The van der Waals surface area contributed by atoms with Crippen LogP contribution in [0.2, 0.25) is 5.02 Å². The first-order valence-corrected chi connectivity index (χ1v) is 6.82. The molecule has 1 N–H and O–H groups in total. The minimum absolute atomic E-state index is 0.00130. The van der Waals surface area contributed by atoms with Gasteiger partial charge in [0.25, 0.3) is 5.91 Å². The molecule has 0 spiro atoms. The highest BCUT2D eigenvalue weighted by molar-refractivity contribution is 6.30. The maximum atomic E-state index is 11.7. The maximum absolute atomic E-state index is 11.7. The molecule has 1 heterocycles. The Kier molecular flexibility index (Phi) is 5.05. The molecule has 0 unspecified atom stereocenters. The lowest BCUT2D eigenvalue weighted by molar-refractivity contribution is -0.124. The monoisotopic (exact) mass is 283 g/mol. The van der Waals surface area contributed by atoms with E-state index in [2.05, 4.69) is 5.32 Å². The van der Waals surface area contributed by atoms with Crippen LogP contribution in [0.15, 0.2) is 24.3 Å². The molecule has 1 aliphatic heterocycles. The van der Waals surface area contributed by atoms with Crippen molar-refractivity contribution < 1.29 is 14.3 Å². The molecule has 0 aromatic heterocycles. The van der Waals surface area contributed by atoms with E-state index >= 15 is 0 Å². The van der Waals surface area contributed by atoms with Gasteiger partial charge in [-0.2, -0.15) is 0 Å². The smallest absolute Gasteiger partial charge is 0.258 e. The van der Waals surface area contributed by atoms with E-state index in [9.17, 15) is 4.79 Å². The third-order valence-electron chi connectivity index (χ3n) is 3.09. The van der Waals surface area contributed by atoms with Crippen LogP contribution < -0.4 is 10.1 Å². The van der Waals surface area contributed by atoms with E-state index < -0.39 is 0 Å². The van der Waals surface area contributed by atoms with Gasteiger partial charge in [-0.15, -0.1) is 0 Å². The van der Waals surface area contributed by atoms with E-state index in [1.807, 2.05) is 6.92 Å². The summed E-state index contributed by atoms with van der Waals surface area (Å²) >= 11 is 5.77. The lowest BCUT2D eigenvalue weighted by atomic mass is 10.1. The molecule has 0 saturated carbocycles. The van der Waals surface area contributed by atoms with E-state index in [1.54, 1.807) is 24.3 Å². The number of halogens is 1. The molecule has 1 amide bonds. The van der Waals surface area contributed by atoms with Crippen LogP contribution in [0, 0.1) is 0 Å². The van der Waals surface area contributed by atoms with Gasteiger partial charge in [0.05, 0.1) is 12.1 Å². The third-order valence-corrected chi connectivity index (χ3v) is 3.35. The molecule has 0 radical (unpaired) electrons. The van der Waals surface area contributed by atoms with Gasteiger partial charge in [0.2, 0.25) is 0 Å². The van der Waals surface area contributed by atoms with Crippen molar-refractivity contribution in [2.45, 2.75) is 31.9 Å². The predicted octanol–water partition coefficient (Wildman–Crippen LogP) is 2.40. The number of ether oxygens (including phenoxy) is 2. The standard InChI is InChI=1S/C14H18ClNO3/c1-10(13-3-2-8-18-13)16-14(17)9-19-12-6-4-11(15)5-7-12/h4-7,10,13H,2-3,8-9H2,1H3,(H,16,17)/t10-,13+/m1/s1. The summed E-state index contributed by atoms with van der Waals surface area (Å²) < 4.78 is 10.9. The summed E-state index contributed by atoms with van der Waals surface area (Å²) in [6.45, 7) is 2.74. The Hall–Kier alpha value is -1.26. The van der Waals surface area contributed by atoms with Gasteiger partial charge in [-0.3, -0.25) is 4.79 Å². The molecule has 2 rings (SSSR count). The number of nitrogens with one attached hydrogen (secondary N) is 1. The SMILES string of the molecule is C[C@@H](NC(=O)COc1ccc(Cl)cc1)[C@@H]1CCCO1. The van der Waals surface area contributed by atoms with Gasteiger partial charge in [-0.05, 0) is 44.0 Å². The summed E-state index contributed by atoms with van der Waals surface area (Å²) in [5, 5.41) is 3.53. The van der Waals surface area contributed by atoms with Crippen LogP contribution >= 0.6 is 11.6 Å². The first-order chi connectivity index (χ1) is 9.15. The molecule has 1 aliphatic rings. The topological polar surface area (TPSA) is 47.6 Å². The lowest BCUT2D eigenvalue weighted by Crippen LogP contribution is -2.42. The second-order valence-corrected chi connectivity index (χ2v) is 5.09. The van der Waals surface area contributed by atoms with Crippen molar-refractivity contribution in [1.29, 1.82) is 0 Å². The highest BCUT2D eigenvalue weighted by atomic mass is 35.5. The largest absolute Gasteiger partial charge is 0.484 e. The molecule has 1 aromatic rings.